The van der Waals surface area contributed by atoms with Gasteiger partial charge < -0.3 is 14.9 Å². The summed E-state index contributed by atoms with van der Waals surface area (Å²) in [5.41, 5.74) is -0.133. The summed E-state index contributed by atoms with van der Waals surface area (Å²) in [7, 11) is 0. The van der Waals surface area contributed by atoms with Crippen LogP contribution in [-0.2, 0) is 5.41 Å². The molecule has 0 fully saturated rings. The van der Waals surface area contributed by atoms with Crippen LogP contribution >= 0.6 is 0 Å². The lowest BCUT2D eigenvalue weighted by Crippen LogP contribution is -2.12. The summed E-state index contributed by atoms with van der Waals surface area (Å²) in [5, 5.41) is 15.1. The molecule has 0 aliphatic rings. The van der Waals surface area contributed by atoms with E-state index in [-0.39, 0.29) is 12.0 Å². The topological polar surface area (TPSA) is 71.2 Å². The van der Waals surface area contributed by atoms with Crippen LogP contribution in [0, 0.1) is 0 Å². The Morgan fingerprint density at radius 2 is 2.15 bits per heavy atom. The van der Waals surface area contributed by atoms with Gasteiger partial charge in [-0.15, -0.1) is 0 Å². The van der Waals surface area contributed by atoms with Crippen LogP contribution in [0.15, 0.2) is 4.52 Å². The molecule has 1 rings (SSSR count). The van der Waals surface area contributed by atoms with Crippen molar-refractivity contribution < 1.29 is 9.63 Å². The lowest BCUT2D eigenvalue weighted by molar-refractivity contribution is 0.309. The Hall–Kier alpha value is -1.10. The summed E-state index contributed by atoms with van der Waals surface area (Å²) in [6.07, 6.45) is 0. The third-order valence-corrected chi connectivity index (χ3v) is 1.46. The van der Waals surface area contributed by atoms with Crippen LogP contribution in [0.1, 0.15) is 26.7 Å². The van der Waals surface area contributed by atoms with E-state index in [2.05, 4.69) is 15.5 Å². The number of nitrogens with zero attached hydrogens (tertiary/aromatic N) is 2. The van der Waals surface area contributed by atoms with E-state index in [4.69, 9.17) is 9.63 Å². The van der Waals surface area contributed by atoms with Gasteiger partial charge in [0, 0.05) is 12.0 Å². The molecule has 0 aliphatic carbocycles. The van der Waals surface area contributed by atoms with E-state index in [0.29, 0.717) is 18.4 Å². The first-order valence-corrected chi connectivity index (χ1v) is 4.23. The van der Waals surface area contributed by atoms with Gasteiger partial charge in [0.25, 0.3) is 5.95 Å². The number of aliphatic hydroxyl groups is 1. The number of nitrogens with one attached hydrogen (secondary N) is 1. The van der Waals surface area contributed by atoms with Crippen LogP contribution in [-0.4, -0.2) is 28.4 Å². The first-order valence-electron chi connectivity index (χ1n) is 4.23. The van der Waals surface area contributed by atoms with E-state index in [0.717, 1.165) is 0 Å². The maximum absolute atomic E-state index is 8.55. The zero-order chi connectivity index (χ0) is 9.90. The highest BCUT2D eigenvalue weighted by Gasteiger charge is 2.21. The molecule has 0 aromatic carbocycles. The van der Waals surface area contributed by atoms with Crippen molar-refractivity contribution in [3.8, 4) is 0 Å². The van der Waals surface area contributed by atoms with Gasteiger partial charge in [-0.25, -0.2) is 0 Å². The van der Waals surface area contributed by atoms with E-state index >= 15 is 0 Å². The second-order valence-corrected chi connectivity index (χ2v) is 3.82. The first kappa shape index (κ1) is 9.98. The zero-order valence-electron chi connectivity index (χ0n) is 8.16. The Labute approximate surface area is 77.2 Å². The predicted molar refractivity (Wildman–Crippen MR) is 48.6 cm³/mol. The summed E-state index contributed by atoms with van der Waals surface area (Å²) >= 11 is 0. The molecule has 0 unspecified atom stereocenters. The van der Waals surface area contributed by atoms with Gasteiger partial charge in [-0.2, -0.15) is 4.98 Å². The highest BCUT2D eigenvalue weighted by atomic mass is 16.5. The summed E-state index contributed by atoms with van der Waals surface area (Å²) in [6.45, 7) is 6.48. The van der Waals surface area contributed by atoms with Crippen LogP contribution in [0.4, 0.5) is 5.95 Å². The minimum Gasteiger partial charge on any atom is -0.395 e. The average Bonchev–Trinajstić information content (AvgIpc) is 2.47. The molecule has 2 N–H and O–H groups in total. The Balaban J connectivity index is 2.64. The fourth-order valence-corrected chi connectivity index (χ4v) is 0.768. The van der Waals surface area contributed by atoms with Crippen LogP contribution in [0.2, 0.25) is 0 Å². The quantitative estimate of drug-likeness (QED) is 0.727. The van der Waals surface area contributed by atoms with Crippen molar-refractivity contribution in [1.29, 1.82) is 0 Å². The molecule has 0 amide bonds. The monoisotopic (exact) mass is 185 g/mol. The second kappa shape index (κ2) is 3.74. The normalized spacial score (nSPS) is 11.7. The zero-order valence-corrected chi connectivity index (χ0v) is 8.16. The maximum atomic E-state index is 8.55. The maximum Gasteiger partial charge on any atom is 0.263 e. The molecule has 1 heterocycles. The minimum absolute atomic E-state index is 0.0550. The predicted octanol–water partition coefficient (Wildman–Crippen LogP) is 0.771. The van der Waals surface area contributed by atoms with Crippen LogP contribution in [0.5, 0.6) is 0 Å². The highest BCUT2D eigenvalue weighted by molar-refractivity contribution is 5.22. The van der Waals surface area contributed by atoms with Gasteiger partial charge in [-0.3, -0.25) is 0 Å². The molecule has 1 aromatic heterocycles. The minimum atomic E-state index is -0.133. The number of rotatable bonds is 3. The summed E-state index contributed by atoms with van der Waals surface area (Å²) in [4.78, 5) is 4.12. The Bertz CT molecular complexity index is 265. The number of aliphatic hydroxyl groups excluding tert-OH is 1. The molecule has 0 radical (unpaired) electrons. The van der Waals surface area contributed by atoms with Gasteiger partial charge in [0.05, 0.1) is 6.61 Å². The van der Waals surface area contributed by atoms with Crippen LogP contribution in [0.3, 0.4) is 0 Å². The Morgan fingerprint density at radius 3 is 2.62 bits per heavy atom. The number of hydrogen-bond donors (Lipinski definition) is 2. The molecule has 74 valence electrons. The van der Waals surface area contributed by atoms with Crippen molar-refractivity contribution in [1.82, 2.24) is 10.1 Å². The number of hydrogen-bond acceptors (Lipinski definition) is 5. The van der Waals surface area contributed by atoms with Crippen molar-refractivity contribution in [3.05, 3.63) is 5.89 Å². The van der Waals surface area contributed by atoms with Crippen LogP contribution in [0.25, 0.3) is 0 Å². The van der Waals surface area contributed by atoms with E-state index in [1.165, 1.54) is 0 Å². The third-order valence-electron chi connectivity index (χ3n) is 1.46. The highest BCUT2D eigenvalue weighted by Crippen LogP contribution is 2.20. The molecule has 1 aromatic rings. The smallest absolute Gasteiger partial charge is 0.263 e. The fraction of sp³-hybridized carbons (Fsp3) is 0.750. The molecule has 5 heteroatoms. The fourth-order valence-electron chi connectivity index (χ4n) is 0.768. The summed E-state index contributed by atoms with van der Waals surface area (Å²) < 4.78 is 5.02. The van der Waals surface area contributed by atoms with E-state index in [1.54, 1.807) is 0 Å². The second-order valence-electron chi connectivity index (χ2n) is 3.82. The number of aromatic nitrogens is 2. The first-order chi connectivity index (χ1) is 6.04. The standard InChI is InChI=1S/C8H15N3O2/c1-8(2,3)6-10-7(11-13-6)9-4-5-12/h12H,4-5H2,1-3H3,(H,9,11). The largest absolute Gasteiger partial charge is 0.395 e. The SMILES string of the molecule is CC(C)(C)c1nc(NCCO)no1. The molecule has 13 heavy (non-hydrogen) atoms. The van der Waals surface area contributed by atoms with Gasteiger partial charge in [-0.05, 0) is 5.16 Å². The average molecular weight is 185 g/mol. The van der Waals surface area contributed by atoms with E-state index in [9.17, 15) is 0 Å². The lowest BCUT2D eigenvalue weighted by Gasteiger charge is -2.10. The summed E-state index contributed by atoms with van der Waals surface area (Å²) in [6, 6.07) is 0. The molecule has 0 bridgehead atoms. The van der Waals surface area contributed by atoms with Crippen molar-refractivity contribution in [3.63, 3.8) is 0 Å². The van der Waals surface area contributed by atoms with Gasteiger partial charge in [0.1, 0.15) is 0 Å². The van der Waals surface area contributed by atoms with E-state index in [1.807, 2.05) is 20.8 Å². The van der Waals surface area contributed by atoms with Gasteiger partial charge >= 0.3 is 0 Å². The lowest BCUT2D eigenvalue weighted by atomic mass is 9.97. The van der Waals surface area contributed by atoms with Crippen molar-refractivity contribution in [2.24, 2.45) is 0 Å². The Morgan fingerprint density at radius 1 is 1.46 bits per heavy atom. The van der Waals surface area contributed by atoms with Crippen molar-refractivity contribution in [2.45, 2.75) is 26.2 Å². The molecular weight excluding hydrogens is 170 g/mol. The van der Waals surface area contributed by atoms with Crippen molar-refractivity contribution in [2.75, 3.05) is 18.5 Å². The molecule has 0 saturated carbocycles. The Kier molecular flexibility index (Phi) is 2.87. The van der Waals surface area contributed by atoms with Crippen molar-refractivity contribution >= 4 is 5.95 Å². The third kappa shape index (κ3) is 2.69. The molecule has 5 nitrogen and oxygen atoms in total. The van der Waals surface area contributed by atoms with E-state index < -0.39 is 0 Å². The van der Waals surface area contributed by atoms with Gasteiger partial charge in [-0.1, -0.05) is 20.8 Å². The molecule has 0 spiro atoms. The summed E-state index contributed by atoms with van der Waals surface area (Å²) in [5.74, 6) is 1.02. The van der Waals surface area contributed by atoms with Gasteiger partial charge in [0.2, 0.25) is 5.89 Å². The molecule has 0 aliphatic heterocycles. The molecule has 0 saturated heterocycles. The number of anilines is 1. The molecular formula is C8H15N3O2. The van der Waals surface area contributed by atoms with Crippen LogP contribution < -0.4 is 5.32 Å². The molecule has 0 atom stereocenters. The van der Waals surface area contributed by atoms with Gasteiger partial charge in [0.15, 0.2) is 0 Å².